The lowest BCUT2D eigenvalue weighted by Gasteiger charge is -2.15. The Labute approximate surface area is 130 Å². The van der Waals surface area contributed by atoms with Gasteiger partial charge in [-0.1, -0.05) is 45.7 Å². The summed E-state index contributed by atoms with van der Waals surface area (Å²) in [4.78, 5) is 11.3. The fourth-order valence-electron chi connectivity index (χ4n) is 1.72. The van der Waals surface area contributed by atoms with Crippen LogP contribution in [0.15, 0.2) is 53.0 Å². The molecule has 0 aliphatic carbocycles. The highest BCUT2D eigenvalue weighted by molar-refractivity contribution is 9.10. The van der Waals surface area contributed by atoms with E-state index in [-0.39, 0.29) is 6.42 Å². The number of aliphatic carboxylic acids is 1. The second-order valence-electron chi connectivity index (χ2n) is 4.23. The average molecular weight is 356 g/mol. The zero-order valence-electron chi connectivity index (χ0n) is 10.4. The first-order valence-electron chi connectivity index (χ1n) is 5.94. The summed E-state index contributed by atoms with van der Waals surface area (Å²) in [5.74, 6) is -0.560. The van der Waals surface area contributed by atoms with Crippen molar-refractivity contribution in [2.24, 2.45) is 0 Å². The smallest absolute Gasteiger partial charge is 0.345 e. The molecule has 5 heteroatoms. The van der Waals surface area contributed by atoms with Crippen LogP contribution in [0, 0.1) is 0 Å². The zero-order valence-corrected chi connectivity index (χ0v) is 12.8. The standard InChI is InChI=1S/C15H12BrClO3/c16-11-6-4-10(5-7-11)8-14(15(18)19)20-13-3-1-2-12(17)9-13/h1-7,9,14H,8H2,(H,18,19). The second-order valence-corrected chi connectivity index (χ2v) is 5.58. The molecule has 2 aromatic carbocycles. The molecule has 0 saturated carbocycles. The van der Waals surface area contributed by atoms with Crippen molar-refractivity contribution < 1.29 is 14.6 Å². The van der Waals surface area contributed by atoms with Gasteiger partial charge in [0.15, 0.2) is 6.10 Å². The average Bonchev–Trinajstić information content (AvgIpc) is 2.40. The number of ether oxygens (including phenoxy) is 1. The monoisotopic (exact) mass is 354 g/mol. The maximum Gasteiger partial charge on any atom is 0.345 e. The molecule has 1 N–H and O–H groups in total. The summed E-state index contributed by atoms with van der Waals surface area (Å²) in [5, 5.41) is 9.76. The Balaban J connectivity index is 2.11. The summed E-state index contributed by atoms with van der Waals surface area (Å²) in [6.45, 7) is 0. The maximum atomic E-state index is 11.3. The lowest BCUT2D eigenvalue weighted by atomic mass is 10.1. The van der Waals surface area contributed by atoms with Crippen LogP contribution in [0.2, 0.25) is 5.02 Å². The minimum atomic E-state index is -1.01. The van der Waals surface area contributed by atoms with Gasteiger partial charge in [-0.05, 0) is 35.9 Å². The van der Waals surface area contributed by atoms with Gasteiger partial charge < -0.3 is 9.84 Å². The predicted molar refractivity (Wildman–Crippen MR) is 81.3 cm³/mol. The van der Waals surface area contributed by atoms with E-state index in [0.29, 0.717) is 10.8 Å². The Kier molecular flexibility index (Phi) is 5.04. The number of rotatable bonds is 5. The number of carboxylic acids is 1. The van der Waals surface area contributed by atoms with Crippen LogP contribution in [0.3, 0.4) is 0 Å². The van der Waals surface area contributed by atoms with E-state index in [1.807, 2.05) is 24.3 Å². The van der Waals surface area contributed by atoms with Crippen LogP contribution in [0.25, 0.3) is 0 Å². The molecule has 1 unspecified atom stereocenters. The van der Waals surface area contributed by atoms with Crippen molar-refractivity contribution in [2.75, 3.05) is 0 Å². The third-order valence-corrected chi connectivity index (χ3v) is 3.45. The zero-order chi connectivity index (χ0) is 14.5. The fourth-order valence-corrected chi connectivity index (χ4v) is 2.16. The number of halogens is 2. The molecule has 0 saturated heterocycles. The van der Waals surface area contributed by atoms with E-state index in [4.69, 9.17) is 16.3 Å². The number of carbonyl (C=O) groups is 1. The van der Waals surface area contributed by atoms with E-state index in [9.17, 15) is 9.90 Å². The van der Waals surface area contributed by atoms with Gasteiger partial charge >= 0.3 is 5.97 Å². The molecule has 3 nitrogen and oxygen atoms in total. The van der Waals surface area contributed by atoms with Gasteiger partial charge in [0, 0.05) is 15.9 Å². The quantitative estimate of drug-likeness (QED) is 0.875. The summed E-state index contributed by atoms with van der Waals surface area (Å²) in [6.07, 6.45) is -0.663. The van der Waals surface area contributed by atoms with E-state index in [2.05, 4.69) is 15.9 Å². The Morgan fingerprint density at radius 1 is 1.25 bits per heavy atom. The van der Waals surface area contributed by atoms with E-state index >= 15 is 0 Å². The molecule has 0 radical (unpaired) electrons. The topological polar surface area (TPSA) is 46.5 Å². The van der Waals surface area contributed by atoms with Gasteiger partial charge in [-0.15, -0.1) is 0 Å². The molecule has 0 fully saturated rings. The van der Waals surface area contributed by atoms with Crippen molar-refractivity contribution in [3.8, 4) is 5.75 Å². The van der Waals surface area contributed by atoms with Crippen LogP contribution in [0.4, 0.5) is 0 Å². The molecule has 104 valence electrons. The van der Waals surface area contributed by atoms with Crippen molar-refractivity contribution >= 4 is 33.5 Å². The molecule has 0 aromatic heterocycles. The van der Waals surface area contributed by atoms with E-state index in [1.165, 1.54) is 0 Å². The fraction of sp³-hybridized carbons (Fsp3) is 0.133. The van der Waals surface area contributed by atoms with Crippen molar-refractivity contribution in [3.63, 3.8) is 0 Å². The van der Waals surface area contributed by atoms with Crippen LogP contribution in [0.1, 0.15) is 5.56 Å². The molecule has 1 atom stereocenters. The summed E-state index contributed by atoms with van der Waals surface area (Å²) < 4.78 is 6.44. The molecule has 2 rings (SSSR count). The maximum absolute atomic E-state index is 11.3. The van der Waals surface area contributed by atoms with Gasteiger partial charge in [0.1, 0.15) is 5.75 Å². The Morgan fingerprint density at radius 2 is 1.95 bits per heavy atom. The highest BCUT2D eigenvalue weighted by Crippen LogP contribution is 2.20. The third-order valence-electron chi connectivity index (χ3n) is 2.68. The first-order valence-corrected chi connectivity index (χ1v) is 7.11. The molecule has 0 bridgehead atoms. The number of carboxylic acid groups (broad SMARTS) is 1. The van der Waals surface area contributed by atoms with E-state index < -0.39 is 12.1 Å². The molecule has 0 heterocycles. The van der Waals surface area contributed by atoms with Gasteiger partial charge in [-0.2, -0.15) is 0 Å². The summed E-state index contributed by atoms with van der Waals surface area (Å²) in [7, 11) is 0. The summed E-state index contributed by atoms with van der Waals surface area (Å²) in [6, 6.07) is 14.2. The molecule has 0 aliphatic heterocycles. The molecular formula is C15H12BrClO3. The van der Waals surface area contributed by atoms with Crippen molar-refractivity contribution in [3.05, 3.63) is 63.6 Å². The van der Waals surface area contributed by atoms with Gasteiger partial charge in [0.05, 0.1) is 0 Å². The van der Waals surface area contributed by atoms with Crippen LogP contribution < -0.4 is 4.74 Å². The first kappa shape index (κ1) is 14.9. The second kappa shape index (κ2) is 6.77. The highest BCUT2D eigenvalue weighted by Gasteiger charge is 2.20. The Bertz CT molecular complexity index is 598. The van der Waals surface area contributed by atoms with Gasteiger partial charge in [0.25, 0.3) is 0 Å². The van der Waals surface area contributed by atoms with Crippen molar-refractivity contribution in [2.45, 2.75) is 12.5 Å². The lowest BCUT2D eigenvalue weighted by Crippen LogP contribution is -2.29. The Morgan fingerprint density at radius 3 is 2.55 bits per heavy atom. The summed E-state index contributed by atoms with van der Waals surface area (Å²) >= 11 is 9.19. The molecular weight excluding hydrogens is 344 g/mol. The Hall–Kier alpha value is -1.52. The minimum Gasteiger partial charge on any atom is -0.478 e. The van der Waals surface area contributed by atoms with Gasteiger partial charge in [-0.25, -0.2) is 4.79 Å². The highest BCUT2D eigenvalue weighted by atomic mass is 79.9. The molecule has 2 aromatic rings. The summed E-state index contributed by atoms with van der Waals surface area (Å²) in [5.41, 5.74) is 0.891. The third kappa shape index (κ3) is 4.25. The van der Waals surface area contributed by atoms with Crippen LogP contribution in [-0.2, 0) is 11.2 Å². The van der Waals surface area contributed by atoms with Crippen LogP contribution in [0.5, 0.6) is 5.75 Å². The predicted octanol–water partition coefficient (Wildman–Crippen LogP) is 4.18. The van der Waals surface area contributed by atoms with E-state index in [0.717, 1.165) is 10.0 Å². The lowest BCUT2D eigenvalue weighted by molar-refractivity contribution is -0.145. The van der Waals surface area contributed by atoms with Gasteiger partial charge in [-0.3, -0.25) is 0 Å². The van der Waals surface area contributed by atoms with Crippen LogP contribution in [-0.4, -0.2) is 17.2 Å². The number of benzene rings is 2. The van der Waals surface area contributed by atoms with Gasteiger partial charge in [0.2, 0.25) is 0 Å². The van der Waals surface area contributed by atoms with Crippen molar-refractivity contribution in [1.82, 2.24) is 0 Å². The van der Waals surface area contributed by atoms with Crippen LogP contribution >= 0.6 is 27.5 Å². The van der Waals surface area contributed by atoms with E-state index in [1.54, 1.807) is 24.3 Å². The molecule has 0 spiro atoms. The first-order chi connectivity index (χ1) is 9.54. The minimum absolute atomic E-state index is 0.287. The SMILES string of the molecule is O=C(O)C(Cc1ccc(Br)cc1)Oc1cccc(Cl)c1. The normalized spacial score (nSPS) is 11.9. The molecule has 20 heavy (non-hydrogen) atoms. The molecule has 0 amide bonds. The largest absolute Gasteiger partial charge is 0.478 e. The number of hydrogen-bond donors (Lipinski definition) is 1. The molecule has 0 aliphatic rings. The van der Waals surface area contributed by atoms with Crippen molar-refractivity contribution in [1.29, 1.82) is 0 Å². The number of hydrogen-bond acceptors (Lipinski definition) is 2.